The molecule has 1 aromatic carbocycles. The van der Waals surface area contributed by atoms with E-state index >= 15 is 0 Å². The second-order valence-electron chi connectivity index (χ2n) is 3.02. The Balaban J connectivity index is 3.05. The van der Waals surface area contributed by atoms with Crippen molar-refractivity contribution in [1.29, 1.82) is 0 Å². The van der Waals surface area contributed by atoms with Gasteiger partial charge in [0.2, 0.25) is 0 Å². The highest BCUT2D eigenvalue weighted by Crippen LogP contribution is 2.28. The van der Waals surface area contributed by atoms with E-state index in [4.69, 9.17) is 9.47 Å². The smallest absolute Gasteiger partial charge is 0.161 e. The Morgan fingerprint density at radius 1 is 1.15 bits per heavy atom. The van der Waals surface area contributed by atoms with Crippen LogP contribution in [0.3, 0.4) is 0 Å². The van der Waals surface area contributed by atoms with Gasteiger partial charge in [0.25, 0.3) is 0 Å². The summed E-state index contributed by atoms with van der Waals surface area (Å²) in [4.78, 5) is 0. The number of methoxy groups -OCH3 is 2. The SMILES string of the molecule is COc1ccc([C@@H](C)[NH3+])cc1OC. The molecule has 0 spiro atoms. The predicted octanol–water partition coefficient (Wildman–Crippen LogP) is 1.01. The molecule has 0 saturated heterocycles. The van der Waals surface area contributed by atoms with E-state index in [1.165, 1.54) is 0 Å². The first-order valence-electron chi connectivity index (χ1n) is 4.24. The minimum absolute atomic E-state index is 0.264. The van der Waals surface area contributed by atoms with Gasteiger partial charge in [0.1, 0.15) is 6.04 Å². The minimum Gasteiger partial charge on any atom is -0.493 e. The molecule has 0 bridgehead atoms. The van der Waals surface area contributed by atoms with Gasteiger partial charge in [-0.25, -0.2) is 0 Å². The van der Waals surface area contributed by atoms with Gasteiger partial charge in [0, 0.05) is 5.56 Å². The standard InChI is InChI=1S/C10H15NO2/c1-7(11)8-4-5-9(12-2)10(6-8)13-3/h4-7H,11H2,1-3H3/p+1/t7-/m1/s1. The van der Waals surface area contributed by atoms with Crippen molar-refractivity contribution in [2.24, 2.45) is 0 Å². The van der Waals surface area contributed by atoms with Crippen molar-refractivity contribution < 1.29 is 15.2 Å². The Kier molecular flexibility index (Phi) is 3.14. The highest BCUT2D eigenvalue weighted by Gasteiger charge is 2.08. The van der Waals surface area contributed by atoms with E-state index in [1.54, 1.807) is 14.2 Å². The van der Waals surface area contributed by atoms with E-state index in [2.05, 4.69) is 5.73 Å². The monoisotopic (exact) mass is 182 g/mol. The third-order valence-electron chi connectivity index (χ3n) is 1.98. The molecule has 3 N–H and O–H groups in total. The Labute approximate surface area is 78.5 Å². The van der Waals surface area contributed by atoms with Gasteiger partial charge in [-0.3, -0.25) is 0 Å². The van der Waals surface area contributed by atoms with Gasteiger partial charge in [0.15, 0.2) is 11.5 Å². The zero-order valence-corrected chi connectivity index (χ0v) is 8.33. The van der Waals surface area contributed by atoms with Gasteiger partial charge in [-0.1, -0.05) is 0 Å². The van der Waals surface area contributed by atoms with Crippen LogP contribution in [0.25, 0.3) is 0 Å². The van der Waals surface area contributed by atoms with Crippen LogP contribution in [0.1, 0.15) is 18.5 Å². The third kappa shape index (κ3) is 2.12. The van der Waals surface area contributed by atoms with Crippen LogP contribution in [0.4, 0.5) is 0 Å². The molecule has 0 amide bonds. The second kappa shape index (κ2) is 4.14. The van der Waals surface area contributed by atoms with Crippen molar-refractivity contribution in [2.75, 3.05) is 14.2 Å². The van der Waals surface area contributed by atoms with Crippen LogP contribution in [0.15, 0.2) is 18.2 Å². The minimum atomic E-state index is 0.264. The Morgan fingerprint density at radius 3 is 2.23 bits per heavy atom. The summed E-state index contributed by atoms with van der Waals surface area (Å²) in [6.45, 7) is 2.04. The molecular formula is C10H16NO2+. The third-order valence-corrected chi connectivity index (χ3v) is 1.98. The van der Waals surface area contributed by atoms with Crippen LogP contribution in [0, 0.1) is 0 Å². The molecule has 0 aliphatic heterocycles. The van der Waals surface area contributed by atoms with Crippen molar-refractivity contribution >= 4 is 0 Å². The van der Waals surface area contributed by atoms with Gasteiger partial charge >= 0.3 is 0 Å². The lowest BCUT2D eigenvalue weighted by Gasteiger charge is -2.09. The zero-order chi connectivity index (χ0) is 9.84. The van der Waals surface area contributed by atoms with Crippen LogP contribution < -0.4 is 15.2 Å². The summed E-state index contributed by atoms with van der Waals surface area (Å²) in [7, 11) is 3.26. The van der Waals surface area contributed by atoms with Crippen molar-refractivity contribution in [2.45, 2.75) is 13.0 Å². The van der Waals surface area contributed by atoms with E-state index in [0.29, 0.717) is 0 Å². The molecule has 0 fully saturated rings. The van der Waals surface area contributed by atoms with Crippen LogP contribution >= 0.6 is 0 Å². The molecule has 72 valence electrons. The van der Waals surface area contributed by atoms with Crippen LogP contribution in [0.2, 0.25) is 0 Å². The fraction of sp³-hybridized carbons (Fsp3) is 0.400. The maximum Gasteiger partial charge on any atom is 0.161 e. The van der Waals surface area contributed by atoms with Gasteiger partial charge in [-0.2, -0.15) is 0 Å². The van der Waals surface area contributed by atoms with Crippen molar-refractivity contribution in [1.82, 2.24) is 0 Å². The summed E-state index contributed by atoms with van der Waals surface area (Å²) in [5, 5.41) is 0. The van der Waals surface area contributed by atoms with Crippen molar-refractivity contribution in [3.05, 3.63) is 23.8 Å². The number of hydrogen-bond donors (Lipinski definition) is 1. The van der Waals surface area contributed by atoms with E-state index < -0.39 is 0 Å². The first-order chi connectivity index (χ1) is 6.19. The average molecular weight is 182 g/mol. The van der Waals surface area contributed by atoms with E-state index in [-0.39, 0.29) is 6.04 Å². The second-order valence-corrected chi connectivity index (χ2v) is 3.02. The van der Waals surface area contributed by atoms with Gasteiger partial charge < -0.3 is 15.2 Å². The highest BCUT2D eigenvalue weighted by molar-refractivity contribution is 5.43. The average Bonchev–Trinajstić information content (AvgIpc) is 2.16. The molecule has 3 nitrogen and oxygen atoms in total. The van der Waals surface area contributed by atoms with E-state index in [9.17, 15) is 0 Å². The first kappa shape index (κ1) is 9.86. The zero-order valence-electron chi connectivity index (χ0n) is 8.33. The lowest BCUT2D eigenvalue weighted by atomic mass is 10.1. The van der Waals surface area contributed by atoms with Crippen LogP contribution in [0.5, 0.6) is 11.5 Å². The molecule has 13 heavy (non-hydrogen) atoms. The fourth-order valence-electron chi connectivity index (χ4n) is 1.16. The quantitative estimate of drug-likeness (QED) is 0.758. The molecule has 0 radical (unpaired) electrons. The maximum absolute atomic E-state index is 5.17. The Morgan fingerprint density at radius 2 is 1.77 bits per heavy atom. The summed E-state index contributed by atoms with van der Waals surface area (Å²) < 4.78 is 10.3. The molecule has 1 rings (SSSR count). The maximum atomic E-state index is 5.17. The molecular weight excluding hydrogens is 166 g/mol. The largest absolute Gasteiger partial charge is 0.493 e. The molecule has 0 unspecified atom stereocenters. The molecule has 0 aromatic heterocycles. The molecule has 3 heteroatoms. The van der Waals surface area contributed by atoms with Crippen LogP contribution in [-0.2, 0) is 0 Å². The van der Waals surface area contributed by atoms with Gasteiger partial charge in [-0.15, -0.1) is 0 Å². The Bertz CT molecular complexity index is 284. The summed E-state index contributed by atoms with van der Waals surface area (Å²) >= 11 is 0. The summed E-state index contributed by atoms with van der Waals surface area (Å²) in [6, 6.07) is 6.12. The van der Waals surface area contributed by atoms with Crippen LogP contribution in [-0.4, -0.2) is 14.2 Å². The molecule has 0 aliphatic rings. The van der Waals surface area contributed by atoms with Crippen molar-refractivity contribution in [3.8, 4) is 11.5 Å². The van der Waals surface area contributed by atoms with E-state index in [1.807, 2.05) is 25.1 Å². The van der Waals surface area contributed by atoms with Gasteiger partial charge in [-0.05, 0) is 25.1 Å². The Hall–Kier alpha value is -1.22. The van der Waals surface area contributed by atoms with E-state index in [0.717, 1.165) is 17.1 Å². The highest BCUT2D eigenvalue weighted by atomic mass is 16.5. The number of hydrogen-bond acceptors (Lipinski definition) is 2. The number of rotatable bonds is 3. The van der Waals surface area contributed by atoms with Gasteiger partial charge in [0.05, 0.1) is 14.2 Å². The summed E-state index contributed by atoms with van der Waals surface area (Å²) in [6.07, 6.45) is 0. The summed E-state index contributed by atoms with van der Waals surface area (Å²) in [5.41, 5.74) is 5.09. The lowest BCUT2D eigenvalue weighted by molar-refractivity contribution is -0.420. The number of quaternary nitrogens is 1. The normalized spacial score (nSPS) is 12.3. The number of ether oxygens (including phenoxy) is 2. The summed E-state index contributed by atoms with van der Waals surface area (Å²) in [5.74, 6) is 1.52. The molecule has 0 saturated carbocycles. The topological polar surface area (TPSA) is 46.1 Å². The predicted molar refractivity (Wildman–Crippen MR) is 50.8 cm³/mol. The van der Waals surface area contributed by atoms with Crippen molar-refractivity contribution in [3.63, 3.8) is 0 Å². The molecule has 1 aromatic rings. The molecule has 0 heterocycles. The first-order valence-corrected chi connectivity index (χ1v) is 4.24. The number of benzene rings is 1. The molecule has 1 atom stereocenters. The molecule has 0 aliphatic carbocycles. The lowest BCUT2D eigenvalue weighted by Crippen LogP contribution is -2.51. The fourth-order valence-corrected chi connectivity index (χ4v) is 1.16.